The number of benzene rings is 1. The lowest BCUT2D eigenvalue weighted by molar-refractivity contribution is 0.364. The van der Waals surface area contributed by atoms with Gasteiger partial charge in [0.05, 0.1) is 19.9 Å². The van der Waals surface area contributed by atoms with Crippen LogP contribution < -0.4 is 19.7 Å². The average Bonchev–Trinajstić information content (AvgIpc) is 3.02. The Labute approximate surface area is 133 Å². The Kier molecular flexibility index (Phi) is 4.48. The number of nitrogens with one attached hydrogen (secondary N) is 1. The van der Waals surface area contributed by atoms with Crippen molar-refractivity contribution in [1.29, 1.82) is 0 Å². The van der Waals surface area contributed by atoms with Crippen molar-refractivity contribution < 1.29 is 9.47 Å². The molecule has 122 valence electrons. The van der Waals surface area contributed by atoms with Crippen LogP contribution in [0.3, 0.4) is 0 Å². The number of methoxy groups -OCH3 is 2. The van der Waals surface area contributed by atoms with Gasteiger partial charge in [-0.25, -0.2) is 0 Å². The third kappa shape index (κ3) is 2.76. The van der Waals surface area contributed by atoms with Crippen molar-refractivity contribution in [3.8, 4) is 11.5 Å². The molecule has 0 saturated carbocycles. The number of hydrogen-bond donors (Lipinski definition) is 1. The molecule has 2 aliphatic rings. The molecule has 1 aromatic carbocycles. The Hall–Kier alpha value is -1.42. The first kappa shape index (κ1) is 15.5. The number of hydrogen-bond acceptors (Lipinski definition) is 4. The highest BCUT2D eigenvalue weighted by atomic mass is 16.5. The van der Waals surface area contributed by atoms with Crippen molar-refractivity contribution in [2.45, 2.75) is 44.6 Å². The normalized spacial score (nSPS) is 25.3. The molecule has 0 aliphatic carbocycles. The van der Waals surface area contributed by atoms with Crippen molar-refractivity contribution in [3.05, 3.63) is 17.7 Å². The Bertz CT molecular complexity index is 518. The summed E-state index contributed by atoms with van der Waals surface area (Å²) < 4.78 is 11.5. The fourth-order valence-corrected chi connectivity index (χ4v) is 3.82. The number of nitrogens with zero attached hydrogens (tertiary/aromatic N) is 1. The SMILES string of the molecule is COc1cc(C2(C)CCCN2)c(OC)cc1N1CCCCC1. The molecule has 2 saturated heterocycles. The highest BCUT2D eigenvalue weighted by Gasteiger charge is 2.34. The van der Waals surface area contributed by atoms with Gasteiger partial charge in [-0.3, -0.25) is 0 Å². The maximum Gasteiger partial charge on any atom is 0.142 e. The second kappa shape index (κ2) is 6.37. The van der Waals surface area contributed by atoms with Crippen molar-refractivity contribution in [3.63, 3.8) is 0 Å². The topological polar surface area (TPSA) is 33.7 Å². The summed E-state index contributed by atoms with van der Waals surface area (Å²) in [6.07, 6.45) is 6.18. The second-order valence-electron chi connectivity index (χ2n) is 6.63. The van der Waals surface area contributed by atoms with E-state index in [1.807, 2.05) is 0 Å². The summed E-state index contributed by atoms with van der Waals surface area (Å²) in [5.41, 5.74) is 2.37. The fraction of sp³-hybridized carbons (Fsp3) is 0.667. The summed E-state index contributed by atoms with van der Waals surface area (Å²) in [7, 11) is 3.53. The second-order valence-corrected chi connectivity index (χ2v) is 6.63. The molecule has 3 rings (SSSR count). The van der Waals surface area contributed by atoms with Crippen LogP contribution in [0.5, 0.6) is 11.5 Å². The molecule has 2 aliphatic heterocycles. The van der Waals surface area contributed by atoms with Gasteiger partial charge in [-0.2, -0.15) is 0 Å². The van der Waals surface area contributed by atoms with Crippen molar-refractivity contribution in [2.75, 3.05) is 38.8 Å². The number of anilines is 1. The number of piperidine rings is 1. The molecule has 2 fully saturated rings. The Balaban J connectivity index is 2.01. The minimum absolute atomic E-state index is 0.0148. The highest BCUT2D eigenvalue weighted by molar-refractivity contribution is 5.65. The third-order valence-corrected chi connectivity index (χ3v) is 5.16. The van der Waals surface area contributed by atoms with Crippen LogP contribution in [0.25, 0.3) is 0 Å². The zero-order chi connectivity index (χ0) is 15.6. The molecule has 4 heteroatoms. The molecule has 0 aromatic heterocycles. The molecule has 22 heavy (non-hydrogen) atoms. The molecule has 4 nitrogen and oxygen atoms in total. The quantitative estimate of drug-likeness (QED) is 0.925. The van der Waals surface area contributed by atoms with Crippen LogP contribution >= 0.6 is 0 Å². The summed E-state index contributed by atoms with van der Waals surface area (Å²) >= 11 is 0. The van der Waals surface area contributed by atoms with E-state index in [0.717, 1.165) is 37.6 Å². The average molecular weight is 304 g/mol. The minimum atomic E-state index is -0.0148. The van der Waals surface area contributed by atoms with Crippen molar-refractivity contribution in [1.82, 2.24) is 5.32 Å². The number of ether oxygens (including phenoxy) is 2. The zero-order valence-electron chi connectivity index (χ0n) is 14.1. The maximum atomic E-state index is 5.73. The maximum absolute atomic E-state index is 5.73. The summed E-state index contributed by atoms with van der Waals surface area (Å²) in [5.74, 6) is 1.94. The van der Waals surface area contributed by atoms with Gasteiger partial charge in [0, 0.05) is 30.3 Å². The minimum Gasteiger partial charge on any atom is -0.496 e. The van der Waals surface area contributed by atoms with Gasteiger partial charge in [0.25, 0.3) is 0 Å². The molecule has 0 bridgehead atoms. The lowest BCUT2D eigenvalue weighted by Gasteiger charge is -2.33. The monoisotopic (exact) mass is 304 g/mol. The Morgan fingerprint density at radius 2 is 1.73 bits per heavy atom. The Morgan fingerprint density at radius 1 is 1.00 bits per heavy atom. The van der Waals surface area contributed by atoms with Crippen LogP contribution in [0.15, 0.2) is 12.1 Å². The molecule has 1 atom stereocenters. The van der Waals surface area contributed by atoms with Crippen LogP contribution in [-0.2, 0) is 5.54 Å². The summed E-state index contributed by atoms with van der Waals surface area (Å²) in [5, 5.41) is 3.63. The van der Waals surface area contributed by atoms with E-state index in [4.69, 9.17) is 9.47 Å². The number of rotatable bonds is 4. The summed E-state index contributed by atoms with van der Waals surface area (Å²) in [6.45, 7) is 5.54. The van der Waals surface area contributed by atoms with E-state index in [1.165, 1.54) is 36.9 Å². The predicted molar refractivity (Wildman–Crippen MR) is 90.2 cm³/mol. The van der Waals surface area contributed by atoms with E-state index in [1.54, 1.807) is 14.2 Å². The lowest BCUT2D eigenvalue weighted by Crippen LogP contribution is -2.34. The first-order valence-electron chi connectivity index (χ1n) is 8.44. The molecule has 1 N–H and O–H groups in total. The predicted octanol–water partition coefficient (Wildman–Crippen LogP) is 3.29. The first-order chi connectivity index (χ1) is 10.7. The van der Waals surface area contributed by atoms with E-state index >= 15 is 0 Å². The first-order valence-corrected chi connectivity index (χ1v) is 8.44. The van der Waals surface area contributed by atoms with Gasteiger partial charge >= 0.3 is 0 Å². The largest absolute Gasteiger partial charge is 0.496 e. The molecule has 0 amide bonds. The van der Waals surface area contributed by atoms with E-state index in [2.05, 4.69) is 29.3 Å². The van der Waals surface area contributed by atoms with Gasteiger partial charge in [-0.1, -0.05) is 0 Å². The van der Waals surface area contributed by atoms with Gasteiger partial charge in [-0.05, 0) is 51.6 Å². The van der Waals surface area contributed by atoms with E-state index in [9.17, 15) is 0 Å². The van der Waals surface area contributed by atoms with E-state index < -0.39 is 0 Å². The van der Waals surface area contributed by atoms with Crippen LogP contribution in [0.1, 0.15) is 44.6 Å². The standard InChI is InChI=1S/C18H28N2O2/c1-18(8-7-9-19-18)14-12-17(22-3)15(13-16(14)21-2)20-10-5-4-6-11-20/h12-13,19H,4-11H2,1-3H3. The van der Waals surface area contributed by atoms with E-state index in [0.29, 0.717) is 0 Å². The van der Waals surface area contributed by atoms with Crippen molar-refractivity contribution >= 4 is 5.69 Å². The van der Waals surface area contributed by atoms with E-state index in [-0.39, 0.29) is 5.54 Å². The summed E-state index contributed by atoms with van der Waals surface area (Å²) in [4.78, 5) is 2.43. The fourth-order valence-electron chi connectivity index (χ4n) is 3.82. The summed E-state index contributed by atoms with van der Waals surface area (Å²) in [6, 6.07) is 4.35. The van der Waals surface area contributed by atoms with Crippen LogP contribution in [-0.4, -0.2) is 33.9 Å². The van der Waals surface area contributed by atoms with Gasteiger partial charge in [0.2, 0.25) is 0 Å². The molecule has 0 radical (unpaired) electrons. The zero-order valence-corrected chi connectivity index (χ0v) is 14.1. The lowest BCUT2D eigenvalue weighted by atomic mass is 9.89. The molecular weight excluding hydrogens is 276 g/mol. The van der Waals surface area contributed by atoms with Crippen molar-refractivity contribution in [2.24, 2.45) is 0 Å². The molecule has 0 spiro atoms. The molecular formula is C18H28N2O2. The van der Waals surface area contributed by atoms with Gasteiger partial charge in [0.1, 0.15) is 11.5 Å². The molecule has 1 unspecified atom stereocenters. The van der Waals surface area contributed by atoms with Crippen LogP contribution in [0, 0.1) is 0 Å². The van der Waals surface area contributed by atoms with Gasteiger partial charge in [-0.15, -0.1) is 0 Å². The smallest absolute Gasteiger partial charge is 0.142 e. The van der Waals surface area contributed by atoms with Gasteiger partial charge < -0.3 is 19.7 Å². The van der Waals surface area contributed by atoms with Crippen LogP contribution in [0.4, 0.5) is 5.69 Å². The Morgan fingerprint density at radius 3 is 2.32 bits per heavy atom. The van der Waals surface area contributed by atoms with Crippen LogP contribution in [0.2, 0.25) is 0 Å². The highest BCUT2D eigenvalue weighted by Crippen LogP contribution is 2.43. The molecule has 1 aromatic rings. The van der Waals surface area contributed by atoms with Gasteiger partial charge in [0.15, 0.2) is 0 Å². The third-order valence-electron chi connectivity index (χ3n) is 5.16. The molecule has 2 heterocycles.